The van der Waals surface area contributed by atoms with Crippen LogP contribution in [0.25, 0.3) is 0 Å². The van der Waals surface area contributed by atoms with E-state index in [-0.39, 0.29) is 0 Å². The Kier molecular flexibility index (Phi) is 4.85. The molecule has 0 aliphatic heterocycles. The third-order valence-electron chi connectivity index (χ3n) is 2.28. The molecule has 0 amide bonds. The predicted molar refractivity (Wildman–Crippen MR) is 87.6 cm³/mol. The number of rotatable bonds is 3. The Labute approximate surface area is 132 Å². The predicted octanol–water partition coefficient (Wildman–Crippen LogP) is 4.03. The van der Waals surface area contributed by atoms with Gasteiger partial charge >= 0.3 is 0 Å². The van der Waals surface area contributed by atoms with Gasteiger partial charge in [0.25, 0.3) is 0 Å². The van der Waals surface area contributed by atoms with Gasteiger partial charge in [-0.05, 0) is 57.6 Å². The summed E-state index contributed by atoms with van der Waals surface area (Å²) in [6, 6.07) is 8.10. The summed E-state index contributed by atoms with van der Waals surface area (Å²) in [6.07, 6.45) is 0. The number of halogens is 2. The molecule has 18 heavy (non-hydrogen) atoms. The number of hydrogen-bond acceptors (Lipinski definition) is 4. The molecule has 2 N–H and O–H groups in total. The Bertz CT molecular complexity index is 554. The van der Waals surface area contributed by atoms with E-state index in [9.17, 15) is 0 Å². The summed E-state index contributed by atoms with van der Waals surface area (Å²) in [6.45, 7) is 1.95. The second-order valence-electron chi connectivity index (χ2n) is 3.64. The van der Waals surface area contributed by atoms with E-state index < -0.39 is 0 Å². The van der Waals surface area contributed by atoms with Crippen LogP contribution in [-0.4, -0.2) is 9.97 Å². The van der Waals surface area contributed by atoms with Crippen LogP contribution in [0.1, 0.15) is 11.5 Å². The minimum atomic E-state index is 0.561. The lowest BCUT2D eigenvalue weighted by atomic mass is 10.4. The molecule has 2 aromatic rings. The number of aromatic nitrogens is 2. The number of benzene rings is 1. The molecule has 2 rings (SSSR count). The van der Waals surface area contributed by atoms with Crippen LogP contribution in [0.3, 0.4) is 0 Å². The molecule has 3 nitrogen and oxygen atoms in total. The molecule has 0 aliphatic carbocycles. The largest absolute Gasteiger partial charge is 0.383 e. The minimum absolute atomic E-state index is 0.561. The van der Waals surface area contributed by atoms with Crippen LogP contribution >= 0.6 is 50.3 Å². The fourth-order valence-electron chi connectivity index (χ4n) is 1.41. The molecule has 0 unspecified atom stereocenters. The number of hydrogen-bond donors (Lipinski definition) is 1. The highest BCUT2D eigenvalue weighted by molar-refractivity contribution is 14.1. The van der Waals surface area contributed by atoms with Crippen molar-refractivity contribution in [2.24, 2.45) is 0 Å². The van der Waals surface area contributed by atoms with Crippen molar-refractivity contribution >= 4 is 56.1 Å². The quantitative estimate of drug-likeness (QED) is 0.584. The first kappa shape index (κ1) is 14.1. The smallest absolute Gasteiger partial charge is 0.141 e. The fraction of sp³-hybridized carbons (Fsp3) is 0.167. The van der Waals surface area contributed by atoms with Crippen LogP contribution in [0.15, 0.2) is 33.6 Å². The third kappa shape index (κ3) is 3.36. The van der Waals surface area contributed by atoms with E-state index in [2.05, 4.69) is 54.6 Å². The van der Waals surface area contributed by atoms with Gasteiger partial charge in [-0.1, -0.05) is 12.1 Å². The number of nitrogens with zero attached hydrogens (tertiary/aromatic N) is 2. The van der Waals surface area contributed by atoms with Gasteiger partial charge in [0.05, 0.1) is 15.0 Å². The van der Waals surface area contributed by atoms with Gasteiger partial charge in [0.1, 0.15) is 11.6 Å². The van der Waals surface area contributed by atoms with Crippen LogP contribution in [0.4, 0.5) is 5.82 Å². The minimum Gasteiger partial charge on any atom is -0.383 e. The SMILES string of the molecule is Cc1nc(CSc2ccccc2Br)nc(N)c1I. The van der Waals surface area contributed by atoms with Crippen molar-refractivity contribution in [1.29, 1.82) is 0 Å². The Morgan fingerprint density at radius 2 is 2.06 bits per heavy atom. The number of aryl methyl sites for hydroxylation is 1. The Hall–Kier alpha value is -0.340. The summed E-state index contributed by atoms with van der Waals surface area (Å²) in [4.78, 5) is 9.92. The second kappa shape index (κ2) is 6.21. The molecule has 0 atom stereocenters. The van der Waals surface area contributed by atoms with E-state index in [1.54, 1.807) is 11.8 Å². The Morgan fingerprint density at radius 3 is 2.72 bits per heavy atom. The highest BCUT2D eigenvalue weighted by Crippen LogP contribution is 2.29. The van der Waals surface area contributed by atoms with Crippen molar-refractivity contribution in [1.82, 2.24) is 9.97 Å². The van der Waals surface area contributed by atoms with Crippen molar-refractivity contribution in [3.63, 3.8) is 0 Å². The molecule has 0 fully saturated rings. The van der Waals surface area contributed by atoms with Gasteiger partial charge in [0.15, 0.2) is 0 Å². The number of anilines is 1. The lowest BCUT2D eigenvalue weighted by Crippen LogP contribution is -2.04. The van der Waals surface area contributed by atoms with Gasteiger partial charge < -0.3 is 5.73 Å². The first-order valence-electron chi connectivity index (χ1n) is 5.23. The maximum Gasteiger partial charge on any atom is 0.141 e. The van der Waals surface area contributed by atoms with Crippen molar-refractivity contribution < 1.29 is 0 Å². The van der Waals surface area contributed by atoms with Crippen LogP contribution in [0.2, 0.25) is 0 Å². The Balaban J connectivity index is 2.14. The van der Waals surface area contributed by atoms with E-state index in [1.165, 1.54) is 4.90 Å². The summed E-state index contributed by atoms with van der Waals surface area (Å²) in [5.41, 5.74) is 6.78. The molecule has 0 saturated heterocycles. The van der Waals surface area contributed by atoms with E-state index in [0.29, 0.717) is 11.6 Å². The molecule has 0 radical (unpaired) electrons. The molecule has 1 aromatic heterocycles. The highest BCUT2D eigenvalue weighted by Gasteiger charge is 2.07. The zero-order chi connectivity index (χ0) is 13.1. The number of nitrogen functional groups attached to an aromatic ring is 1. The summed E-state index contributed by atoms with van der Waals surface area (Å²) in [5, 5.41) is 0. The van der Waals surface area contributed by atoms with Gasteiger partial charge in [0, 0.05) is 9.37 Å². The van der Waals surface area contributed by atoms with Crippen LogP contribution in [-0.2, 0) is 5.75 Å². The summed E-state index contributed by atoms with van der Waals surface area (Å²) in [7, 11) is 0. The summed E-state index contributed by atoms with van der Waals surface area (Å²) < 4.78 is 2.02. The normalized spacial score (nSPS) is 10.6. The maximum atomic E-state index is 5.84. The molecule has 6 heteroatoms. The lowest BCUT2D eigenvalue weighted by Gasteiger charge is -2.06. The first-order valence-corrected chi connectivity index (χ1v) is 8.09. The first-order chi connectivity index (χ1) is 8.58. The van der Waals surface area contributed by atoms with Crippen molar-refractivity contribution in [2.45, 2.75) is 17.6 Å². The molecule has 0 saturated carbocycles. The van der Waals surface area contributed by atoms with Crippen molar-refractivity contribution in [3.05, 3.63) is 43.8 Å². The Morgan fingerprint density at radius 1 is 1.33 bits per heavy atom. The topological polar surface area (TPSA) is 51.8 Å². The molecule has 0 bridgehead atoms. The van der Waals surface area contributed by atoms with Gasteiger partial charge in [-0.3, -0.25) is 0 Å². The van der Waals surface area contributed by atoms with Crippen molar-refractivity contribution in [3.8, 4) is 0 Å². The zero-order valence-electron chi connectivity index (χ0n) is 9.65. The summed E-state index contributed by atoms with van der Waals surface area (Å²) in [5.74, 6) is 2.04. The van der Waals surface area contributed by atoms with Gasteiger partial charge in [-0.15, -0.1) is 11.8 Å². The highest BCUT2D eigenvalue weighted by atomic mass is 127. The molecule has 1 heterocycles. The fourth-order valence-corrected chi connectivity index (χ4v) is 3.07. The molecule has 1 aromatic carbocycles. The van der Waals surface area contributed by atoms with Gasteiger partial charge in [0.2, 0.25) is 0 Å². The second-order valence-corrected chi connectivity index (χ2v) is 6.59. The van der Waals surface area contributed by atoms with E-state index >= 15 is 0 Å². The standard InChI is InChI=1S/C12H11BrIN3S/c1-7-11(14)12(15)17-10(16-7)6-18-9-5-3-2-4-8(9)13/h2-5H,6H2,1H3,(H2,15,16,17). The number of nitrogens with two attached hydrogens (primary N) is 1. The number of thioether (sulfide) groups is 1. The van der Waals surface area contributed by atoms with Crippen LogP contribution in [0.5, 0.6) is 0 Å². The average Bonchev–Trinajstić information content (AvgIpc) is 2.35. The molecule has 0 aliphatic rings. The van der Waals surface area contributed by atoms with E-state index in [1.807, 2.05) is 25.1 Å². The maximum absolute atomic E-state index is 5.84. The zero-order valence-corrected chi connectivity index (χ0v) is 14.2. The van der Waals surface area contributed by atoms with Gasteiger partial charge in [-0.2, -0.15) is 0 Å². The van der Waals surface area contributed by atoms with E-state index in [4.69, 9.17) is 5.73 Å². The summed E-state index contributed by atoms with van der Waals surface area (Å²) >= 11 is 7.38. The molecule has 0 spiro atoms. The van der Waals surface area contributed by atoms with Gasteiger partial charge in [-0.25, -0.2) is 9.97 Å². The molecular formula is C12H11BrIN3S. The van der Waals surface area contributed by atoms with E-state index in [0.717, 1.165) is 19.6 Å². The molecular weight excluding hydrogens is 425 g/mol. The average molecular weight is 436 g/mol. The van der Waals surface area contributed by atoms with Crippen molar-refractivity contribution in [2.75, 3.05) is 5.73 Å². The molecule has 94 valence electrons. The third-order valence-corrected chi connectivity index (χ3v) is 5.64. The lowest BCUT2D eigenvalue weighted by molar-refractivity contribution is 0.991. The monoisotopic (exact) mass is 435 g/mol. The van der Waals surface area contributed by atoms with Crippen LogP contribution in [0, 0.1) is 10.5 Å². The van der Waals surface area contributed by atoms with Crippen LogP contribution < -0.4 is 5.73 Å².